The number of ether oxygens (including phenoxy) is 1. The van der Waals surface area contributed by atoms with Crippen LogP contribution >= 0.6 is 0 Å². The number of carbonyl (C=O) groups excluding carboxylic acids is 1. The predicted octanol–water partition coefficient (Wildman–Crippen LogP) is 1.53. The molecule has 2 rings (SSSR count). The highest BCUT2D eigenvalue weighted by atomic mass is 16.6. The van der Waals surface area contributed by atoms with E-state index < -0.39 is 6.09 Å². The maximum Gasteiger partial charge on any atom is 0.413 e. The SMILES string of the molecule is CC1(NC(=O)Oc2ccccc2)CCNC1. The molecule has 1 atom stereocenters. The first-order chi connectivity index (χ1) is 7.68. The van der Waals surface area contributed by atoms with Crippen LogP contribution in [0.15, 0.2) is 30.3 Å². The predicted molar refractivity (Wildman–Crippen MR) is 61.5 cm³/mol. The number of benzene rings is 1. The molecule has 1 aliphatic heterocycles. The first kappa shape index (κ1) is 11.0. The summed E-state index contributed by atoms with van der Waals surface area (Å²) in [6, 6.07) is 9.07. The van der Waals surface area contributed by atoms with E-state index in [-0.39, 0.29) is 5.54 Å². The van der Waals surface area contributed by atoms with Crippen molar-refractivity contribution in [2.24, 2.45) is 0 Å². The second-order valence-corrected chi connectivity index (χ2v) is 4.32. The quantitative estimate of drug-likeness (QED) is 0.794. The largest absolute Gasteiger partial charge is 0.413 e. The van der Waals surface area contributed by atoms with Crippen molar-refractivity contribution in [3.05, 3.63) is 30.3 Å². The monoisotopic (exact) mass is 220 g/mol. The van der Waals surface area contributed by atoms with Crippen molar-refractivity contribution in [1.29, 1.82) is 0 Å². The fraction of sp³-hybridized carbons (Fsp3) is 0.417. The van der Waals surface area contributed by atoms with E-state index >= 15 is 0 Å². The summed E-state index contributed by atoms with van der Waals surface area (Å²) in [5.41, 5.74) is -0.189. The van der Waals surface area contributed by atoms with E-state index in [0.717, 1.165) is 19.5 Å². The summed E-state index contributed by atoms with van der Waals surface area (Å²) in [5.74, 6) is 0.564. The van der Waals surface area contributed by atoms with Gasteiger partial charge in [-0.25, -0.2) is 4.79 Å². The van der Waals surface area contributed by atoms with E-state index in [1.165, 1.54) is 0 Å². The van der Waals surface area contributed by atoms with Crippen molar-refractivity contribution in [3.63, 3.8) is 0 Å². The van der Waals surface area contributed by atoms with Gasteiger partial charge in [-0.05, 0) is 32.0 Å². The van der Waals surface area contributed by atoms with E-state index in [1.807, 2.05) is 25.1 Å². The zero-order chi connectivity index (χ0) is 11.4. The van der Waals surface area contributed by atoms with Crippen LogP contribution in [-0.2, 0) is 0 Å². The van der Waals surface area contributed by atoms with Gasteiger partial charge in [-0.3, -0.25) is 0 Å². The Kier molecular flexibility index (Phi) is 3.10. The van der Waals surface area contributed by atoms with Crippen molar-refractivity contribution in [1.82, 2.24) is 10.6 Å². The van der Waals surface area contributed by atoms with Gasteiger partial charge < -0.3 is 15.4 Å². The van der Waals surface area contributed by atoms with Crippen LogP contribution in [0.5, 0.6) is 5.75 Å². The van der Waals surface area contributed by atoms with Crippen molar-refractivity contribution >= 4 is 6.09 Å². The van der Waals surface area contributed by atoms with Gasteiger partial charge in [0.2, 0.25) is 0 Å². The number of hydrogen-bond acceptors (Lipinski definition) is 3. The normalized spacial score (nSPS) is 24.1. The standard InChI is InChI=1S/C12H16N2O2/c1-12(7-8-13-9-12)14-11(15)16-10-5-3-2-4-6-10/h2-6,13H,7-9H2,1H3,(H,14,15). The summed E-state index contributed by atoms with van der Waals surface area (Å²) < 4.78 is 5.16. The number of para-hydroxylation sites is 1. The fourth-order valence-electron chi connectivity index (χ4n) is 1.79. The third-order valence-electron chi connectivity index (χ3n) is 2.73. The van der Waals surface area contributed by atoms with E-state index in [0.29, 0.717) is 5.75 Å². The van der Waals surface area contributed by atoms with Gasteiger partial charge in [-0.2, -0.15) is 0 Å². The Morgan fingerprint density at radius 3 is 2.81 bits per heavy atom. The molecule has 1 fully saturated rings. The number of carbonyl (C=O) groups is 1. The molecule has 4 nitrogen and oxygen atoms in total. The summed E-state index contributed by atoms with van der Waals surface area (Å²) >= 11 is 0. The van der Waals surface area contributed by atoms with Gasteiger partial charge in [0.25, 0.3) is 0 Å². The molecule has 1 aromatic carbocycles. The summed E-state index contributed by atoms with van der Waals surface area (Å²) in [6.45, 7) is 3.73. The Morgan fingerprint density at radius 1 is 1.44 bits per heavy atom. The summed E-state index contributed by atoms with van der Waals surface area (Å²) in [6.07, 6.45) is 0.536. The van der Waals surface area contributed by atoms with Gasteiger partial charge in [0.05, 0.1) is 5.54 Å². The van der Waals surface area contributed by atoms with Gasteiger partial charge in [-0.15, -0.1) is 0 Å². The lowest BCUT2D eigenvalue weighted by molar-refractivity contribution is 0.188. The number of nitrogens with one attached hydrogen (secondary N) is 2. The Morgan fingerprint density at radius 2 is 2.19 bits per heavy atom. The zero-order valence-corrected chi connectivity index (χ0v) is 9.32. The Balaban J connectivity index is 1.89. The molecule has 86 valence electrons. The van der Waals surface area contributed by atoms with Crippen LogP contribution in [0.25, 0.3) is 0 Å². The first-order valence-electron chi connectivity index (χ1n) is 5.44. The number of amides is 1. The van der Waals surface area contributed by atoms with Crippen LogP contribution in [0, 0.1) is 0 Å². The Labute approximate surface area is 95.0 Å². The van der Waals surface area contributed by atoms with Gasteiger partial charge in [0.15, 0.2) is 0 Å². The Hall–Kier alpha value is -1.55. The van der Waals surface area contributed by atoms with E-state index in [4.69, 9.17) is 4.74 Å². The molecule has 1 unspecified atom stereocenters. The zero-order valence-electron chi connectivity index (χ0n) is 9.32. The molecule has 0 saturated carbocycles. The molecule has 0 aliphatic carbocycles. The summed E-state index contributed by atoms with van der Waals surface area (Å²) in [4.78, 5) is 11.6. The van der Waals surface area contributed by atoms with Crippen LogP contribution in [0.2, 0.25) is 0 Å². The average Bonchev–Trinajstić information content (AvgIpc) is 2.66. The molecule has 1 aliphatic rings. The minimum absolute atomic E-state index is 0.189. The van der Waals surface area contributed by atoms with Crippen molar-refractivity contribution in [2.45, 2.75) is 18.9 Å². The van der Waals surface area contributed by atoms with Gasteiger partial charge in [0.1, 0.15) is 5.75 Å². The molecule has 0 bridgehead atoms. The third kappa shape index (κ3) is 2.73. The minimum atomic E-state index is -0.391. The summed E-state index contributed by atoms with van der Waals surface area (Å²) in [5, 5.41) is 6.09. The van der Waals surface area contributed by atoms with Gasteiger partial charge in [0, 0.05) is 6.54 Å². The molecular weight excluding hydrogens is 204 g/mol. The second-order valence-electron chi connectivity index (χ2n) is 4.32. The topological polar surface area (TPSA) is 50.4 Å². The smallest absolute Gasteiger partial charge is 0.410 e. The van der Waals surface area contributed by atoms with Crippen LogP contribution in [0.3, 0.4) is 0 Å². The second kappa shape index (κ2) is 4.53. The highest BCUT2D eigenvalue weighted by Gasteiger charge is 2.30. The lowest BCUT2D eigenvalue weighted by atomic mass is 10.0. The first-order valence-corrected chi connectivity index (χ1v) is 5.44. The molecule has 0 aromatic heterocycles. The van der Waals surface area contributed by atoms with Crippen LogP contribution in [-0.4, -0.2) is 24.7 Å². The molecule has 1 amide bonds. The number of hydrogen-bond donors (Lipinski definition) is 2. The van der Waals surface area contributed by atoms with Crippen LogP contribution < -0.4 is 15.4 Å². The highest BCUT2D eigenvalue weighted by molar-refractivity contribution is 5.71. The molecule has 1 heterocycles. The van der Waals surface area contributed by atoms with Crippen molar-refractivity contribution in [2.75, 3.05) is 13.1 Å². The van der Waals surface area contributed by atoms with Gasteiger partial charge >= 0.3 is 6.09 Å². The number of rotatable bonds is 2. The van der Waals surface area contributed by atoms with Gasteiger partial charge in [-0.1, -0.05) is 18.2 Å². The molecule has 2 N–H and O–H groups in total. The molecule has 4 heteroatoms. The highest BCUT2D eigenvalue weighted by Crippen LogP contribution is 2.14. The van der Waals surface area contributed by atoms with E-state index in [1.54, 1.807) is 12.1 Å². The average molecular weight is 220 g/mol. The molecule has 1 aromatic rings. The van der Waals surface area contributed by atoms with Crippen molar-refractivity contribution < 1.29 is 9.53 Å². The maximum absolute atomic E-state index is 11.6. The van der Waals surface area contributed by atoms with Crippen LogP contribution in [0.1, 0.15) is 13.3 Å². The summed E-state index contributed by atoms with van der Waals surface area (Å²) in [7, 11) is 0. The molecule has 0 spiro atoms. The lowest BCUT2D eigenvalue weighted by Gasteiger charge is -2.23. The third-order valence-corrected chi connectivity index (χ3v) is 2.73. The molecular formula is C12H16N2O2. The van der Waals surface area contributed by atoms with E-state index in [2.05, 4.69) is 10.6 Å². The fourth-order valence-corrected chi connectivity index (χ4v) is 1.79. The van der Waals surface area contributed by atoms with Crippen molar-refractivity contribution in [3.8, 4) is 5.75 Å². The van der Waals surface area contributed by atoms with Crippen LogP contribution in [0.4, 0.5) is 4.79 Å². The molecule has 0 radical (unpaired) electrons. The Bertz CT molecular complexity index is 359. The molecule has 1 saturated heterocycles. The molecule has 16 heavy (non-hydrogen) atoms. The lowest BCUT2D eigenvalue weighted by Crippen LogP contribution is -2.48. The maximum atomic E-state index is 11.6. The minimum Gasteiger partial charge on any atom is -0.410 e. The van der Waals surface area contributed by atoms with E-state index in [9.17, 15) is 4.79 Å².